The molecule has 0 saturated carbocycles. The van der Waals surface area contributed by atoms with Crippen LogP contribution in [0, 0.1) is 0 Å². The topological polar surface area (TPSA) is 49.4 Å². The van der Waals surface area contributed by atoms with Crippen molar-refractivity contribution >= 4 is 21.4 Å². The van der Waals surface area contributed by atoms with Gasteiger partial charge >= 0.3 is 0 Å². The van der Waals surface area contributed by atoms with Gasteiger partial charge < -0.3 is 5.32 Å². The molecule has 0 amide bonds. The molecule has 6 heteroatoms. The molecule has 0 spiro atoms. The van der Waals surface area contributed by atoms with Crippen molar-refractivity contribution in [2.75, 3.05) is 18.8 Å². The molecule has 1 rings (SSSR count). The van der Waals surface area contributed by atoms with E-state index in [-0.39, 0.29) is 5.75 Å². The minimum atomic E-state index is -3.14. The molecule has 0 saturated heterocycles. The van der Waals surface area contributed by atoms with E-state index in [1.54, 1.807) is 15.6 Å². The molecule has 0 fully saturated rings. The highest BCUT2D eigenvalue weighted by atomic mass is 32.2. The SMILES string of the molecule is CCN(Cc1cccs1)S(=O)(=O)CCCCNC(C)C. The van der Waals surface area contributed by atoms with Crippen LogP contribution in [0.3, 0.4) is 0 Å². The fourth-order valence-electron chi connectivity index (χ4n) is 1.91. The third-order valence-electron chi connectivity index (χ3n) is 3.04. The first-order valence-corrected chi connectivity index (χ1v) is 9.68. The molecule has 0 radical (unpaired) electrons. The van der Waals surface area contributed by atoms with Gasteiger partial charge in [-0.2, -0.15) is 4.31 Å². The lowest BCUT2D eigenvalue weighted by molar-refractivity contribution is 0.424. The van der Waals surface area contributed by atoms with Crippen LogP contribution < -0.4 is 5.32 Å². The van der Waals surface area contributed by atoms with Crippen LogP contribution in [-0.4, -0.2) is 37.6 Å². The van der Waals surface area contributed by atoms with Gasteiger partial charge in [-0.05, 0) is 30.8 Å². The summed E-state index contributed by atoms with van der Waals surface area (Å²) in [5, 5.41) is 5.28. The van der Waals surface area contributed by atoms with Crippen molar-refractivity contribution < 1.29 is 8.42 Å². The van der Waals surface area contributed by atoms with E-state index in [4.69, 9.17) is 0 Å². The predicted octanol–water partition coefficient (Wildman–Crippen LogP) is 2.68. The van der Waals surface area contributed by atoms with Crippen LogP contribution in [0.4, 0.5) is 0 Å². The standard InChI is InChI=1S/C14H26N2O2S2/c1-4-16(12-14-8-7-10-19-14)20(17,18)11-6-5-9-15-13(2)3/h7-8,10,13,15H,4-6,9,11-12H2,1-3H3. The zero-order valence-corrected chi connectivity index (χ0v) is 14.3. The number of sulfonamides is 1. The fraction of sp³-hybridized carbons (Fsp3) is 0.714. The van der Waals surface area contributed by atoms with E-state index in [0.717, 1.165) is 17.8 Å². The lowest BCUT2D eigenvalue weighted by Gasteiger charge is -2.19. The van der Waals surface area contributed by atoms with Gasteiger partial charge in [-0.1, -0.05) is 26.8 Å². The maximum atomic E-state index is 12.3. The van der Waals surface area contributed by atoms with Crippen LogP contribution in [0.2, 0.25) is 0 Å². The summed E-state index contributed by atoms with van der Waals surface area (Å²) < 4.78 is 26.2. The quantitative estimate of drug-likeness (QED) is 0.675. The second-order valence-corrected chi connectivity index (χ2v) is 8.26. The summed E-state index contributed by atoms with van der Waals surface area (Å²) >= 11 is 1.60. The Labute approximate surface area is 127 Å². The molecule has 0 atom stereocenters. The average molecular weight is 319 g/mol. The first kappa shape index (κ1) is 17.6. The Bertz CT molecular complexity index is 456. The Balaban J connectivity index is 2.40. The number of unbranched alkanes of at least 4 members (excludes halogenated alkanes) is 1. The second-order valence-electron chi connectivity index (χ2n) is 5.14. The maximum Gasteiger partial charge on any atom is 0.214 e. The van der Waals surface area contributed by atoms with Gasteiger partial charge in [-0.3, -0.25) is 0 Å². The van der Waals surface area contributed by atoms with Crippen molar-refractivity contribution in [2.45, 2.75) is 46.2 Å². The third kappa shape index (κ3) is 6.35. The predicted molar refractivity (Wildman–Crippen MR) is 86.6 cm³/mol. The van der Waals surface area contributed by atoms with Crippen LogP contribution in [-0.2, 0) is 16.6 Å². The molecule has 1 aromatic rings. The molecule has 20 heavy (non-hydrogen) atoms. The molecule has 0 aromatic carbocycles. The van der Waals surface area contributed by atoms with Crippen molar-refractivity contribution in [1.82, 2.24) is 9.62 Å². The Hall–Kier alpha value is -0.430. The number of nitrogens with zero attached hydrogens (tertiary/aromatic N) is 1. The maximum absolute atomic E-state index is 12.3. The van der Waals surface area contributed by atoms with E-state index < -0.39 is 10.0 Å². The highest BCUT2D eigenvalue weighted by molar-refractivity contribution is 7.89. The molecule has 4 nitrogen and oxygen atoms in total. The lowest BCUT2D eigenvalue weighted by atomic mass is 10.3. The Kier molecular flexibility index (Phi) is 7.72. The van der Waals surface area contributed by atoms with Gasteiger partial charge in [0.2, 0.25) is 10.0 Å². The molecular weight excluding hydrogens is 292 g/mol. The van der Waals surface area contributed by atoms with Crippen molar-refractivity contribution in [1.29, 1.82) is 0 Å². The van der Waals surface area contributed by atoms with Crippen LogP contribution in [0.5, 0.6) is 0 Å². The fourth-order valence-corrected chi connectivity index (χ4v) is 4.27. The van der Waals surface area contributed by atoms with E-state index in [0.29, 0.717) is 25.6 Å². The summed E-state index contributed by atoms with van der Waals surface area (Å²) in [7, 11) is -3.14. The first-order chi connectivity index (χ1) is 9.45. The van der Waals surface area contributed by atoms with E-state index in [1.807, 2.05) is 24.4 Å². The number of hydrogen-bond acceptors (Lipinski definition) is 4. The van der Waals surface area contributed by atoms with E-state index in [1.165, 1.54) is 0 Å². The third-order valence-corrected chi connectivity index (χ3v) is 5.88. The minimum absolute atomic E-state index is 0.242. The summed E-state index contributed by atoms with van der Waals surface area (Å²) in [5.74, 6) is 0.242. The van der Waals surface area contributed by atoms with Crippen molar-refractivity contribution in [3.05, 3.63) is 22.4 Å². The first-order valence-electron chi connectivity index (χ1n) is 7.19. The van der Waals surface area contributed by atoms with Gasteiger partial charge in [0.05, 0.1) is 5.75 Å². The van der Waals surface area contributed by atoms with E-state index >= 15 is 0 Å². The Morgan fingerprint density at radius 3 is 2.65 bits per heavy atom. The summed E-state index contributed by atoms with van der Waals surface area (Å²) in [6.45, 7) is 7.99. The van der Waals surface area contributed by atoms with Crippen LogP contribution in [0.1, 0.15) is 38.5 Å². The number of thiophene rings is 1. The summed E-state index contributed by atoms with van der Waals surface area (Å²) in [6.07, 6.45) is 1.61. The number of nitrogens with one attached hydrogen (secondary N) is 1. The van der Waals surface area contributed by atoms with Gasteiger partial charge in [-0.25, -0.2) is 8.42 Å². The van der Waals surface area contributed by atoms with Gasteiger partial charge in [0, 0.05) is 24.0 Å². The van der Waals surface area contributed by atoms with Gasteiger partial charge in [0.25, 0.3) is 0 Å². The zero-order chi connectivity index (χ0) is 15.0. The molecule has 1 heterocycles. The van der Waals surface area contributed by atoms with Crippen LogP contribution in [0.25, 0.3) is 0 Å². The summed E-state index contributed by atoms with van der Waals surface area (Å²) in [6, 6.07) is 4.39. The number of rotatable bonds is 10. The lowest BCUT2D eigenvalue weighted by Crippen LogP contribution is -2.32. The molecule has 116 valence electrons. The average Bonchev–Trinajstić information content (AvgIpc) is 2.87. The summed E-state index contributed by atoms with van der Waals surface area (Å²) in [5.41, 5.74) is 0. The van der Waals surface area contributed by atoms with Gasteiger partial charge in [-0.15, -0.1) is 11.3 Å². The van der Waals surface area contributed by atoms with Crippen molar-refractivity contribution in [2.24, 2.45) is 0 Å². The summed E-state index contributed by atoms with van der Waals surface area (Å²) in [4.78, 5) is 1.09. The normalized spacial score (nSPS) is 12.4. The van der Waals surface area contributed by atoms with Gasteiger partial charge in [0.1, 0.15) is 0 Å². The van der Waals surface area contributed by atoms with Crippen molar-refractivity contribution in [3.63, 3.8) is 0 Å². The van der Waals surface area contributed by atoms with E-state index in [2.05, 4.69) is 19.2 Å². The van der Waals surface area contributed by atoms with Gasteiger partial charge in [0.15, 0.2) is 0 Å². The largest absolute Gasteiger partial charge is 0.315 e. The molecule has 0 aliphatic carbocycles. The Morgan fingerprint density at radius 2 is 2.10 bits per heavy atom. The highest BCUT2D eigenvalue weighted by Crippen LogP contribution is 2.15. The molecule has 1 aromatic heterocycles. The smallest absolute Gasteiger partial charge is 0.214 e. The monoisotopic (exact) mass is 318 g/mol. The molecule has 0 bridgehead atoms. The van der Waals surface area contributed by atoms with Crippen LogP contribution >= 0.6 is 11.3 Å². The Morgan fingerprint density at radius 1 is 1.35 bits per heavy atom. The molecule has 1 N–H and O–H groups in total. The highest BCUT2D eigenvalue weighted by Gasteiger charge is 2.20. The second kappa shape index (κ2) is 8.77. The molecular formula is C14H26N2O2S2. The minimum Gasteiger partial charge on any atom is -0.315 e. The number of hydrogen-bond donors (Lipinski definition) is 1. The molecule has 0 aliphatic heterocycles. The molecule has 0 unspecified atom stereocenters. The van der Waals surface area contributed by atoms with Crippen molar-refractivity contribution in [3.8, 4) is 0 Å². The zero-order valence-electron chi connectivity index (χ0n) is 12.6. The molecule has 0 aliphatic rings. The van der Waals surface area contributed by atoms with Crippen LogP contribution in [0.15, 0.2) is 17.5 Å². The van der Waals surface area contributed by atoms with E-state index in [9.17, 15) is 8.42 Å².